The molecule has 0 spiro atoms. The van der Waals surface area contributed by atoms with E-state index in [1.165, 1.54) is 12.1 Å². The molecule has 0 saturated carbocycles. The van der Waals surface area contributed by atoms with Crippen LogP contribution in [0.25, 0.3) is 0 Å². The van der Waals surface area contributed by atoms with Crippen molar-refractivity contribution < 1.29 is 14.5 Å². The van der Waals surface area contributed by atoms with Gasteiger partial charge in [0.25, 0.3) is 5.69 Å². The number of rotatable bonds is 3. The van der Waals surface area contributed by atoms with Crippen LogP contribution in [0, 0.1) is 10.1 Å². The van der Waals surface area contributed by atoms with Crippen LogP contribution in [0.4, 0.5) is 11.4 Å². The van der Waals surface area contributed by atoms with Crippen LogP contribution in [0.5, 0.6) is 0 Å². The molecule has 2 aliphatic heterocycles. The quantitative estimate of drug-likeness (QED) is 0.470. The van der Waals surface area contributed by atoms with E-state index in [0.29, 0.717) is 6.61 Å². The van der Waals surface area contributed by atoms with E-state index in [1.807, 2.05) is 0 Å². The Labute approximate surface area is 122 Å². The minimum atomic E-state index is -0.395. The third kappa shape index (κ3) is 2.82. The molecule has 2 aliphatic rings. The summed E-state index contributed by atoms with van der Waals surface area (Å²) in [7, 11) is 0. The molecule has 7 heteroatoms. The summed E-state index contributed by atoms with van der Waals surface area (Å²) in [4.78, 5) is 26.2. The summed E-state index contributed by atoms with van der Waals surface area (Å²) in [5.41, 5.74) is 1.08. The topological polar surface area (TPSA) is 75.9 Å². The summed E-state index contributed by atoms with van der Waals surface area (Å²) < 4.78 is 5.01. The van der Waals surface area contributed by atoms with Crippen LogP contribution >= 0.6 is 0 Å². The minimum absolute atomic E-state index is 0.0935. The van der Waals surface area contributed by atoms with Gasteiger partial charge in [-0.1, -0.05) is 0 Å². The second-order valence-electron chi connectivity index (χ2n) is 5.27. The predicted octanol–water partition coefficient (Wildman–Crippen LogP) is 1.03. The highest BCUT2D eigenvalue weighted by molar-refractivity contribution is 5.77. The lowest BCUT2D eigenvalue weighted by Crippen LogP contribution is -2.51. The molecule has 7 nitrogen and oxygen atoms in total. The molecule has 1 atom stereocenters. The number of esters is 1. The summed E-state index contributed by atoms with van der Waals surface area (Å²) in [6.07, 6.45) is 0.774. The minimum Gasteiger partial charge on any atom is -0.464 e. The average molecular weight is 291 g/mol. The molecule has 1 aromatic rings. The molecule has 0 unspecified atom stereocenters. The van der Waals surface area contributed by atoms with Crippen molar-refractivity contribution in [1.29, 1.82) is 0 Å². The van der Waals surface area contributed by atoms with Crippen LogP contribution in [0.1, 0.15) is 6.42 Å². The third-order valence-corrected chi connectivity index (χ3v) is 4.09. The molecular weight excluding hydrogens is 274 g/mol. The van der Waals surface area contributed by atoms with E-state index < -0.39 is 4.92 Å². The maximum atomic E-state index is 11.6. The first kappa shape index (κ1) is 13.8. The van der Waals surface area contributed by atoms with Gasteiger partial charge >= 0.3 is 5.97 Å². The first-order chi connectivity index (χ1) is 10.1. The van der Waals surface area contributed by atoms with Crippen LogP contribution in [-0.4, -0.2) is 54.6 Å². The van der Waals surface area contributed by atoms with E-state index >= 15 is 0 Å². The molecule has 2 heterocycles. The molecule has 112 valence electrons. The van der Waals surface area contributed by atoms with E-state index in [9.17, 15) is 14.9 Å². The Hall–Kier alpha value is -2.15. The Bertz CT molecular complexity index is 538. The maximum absolute atomic E-state index is 11.6. The third-order valence-electron chi connectivity index (χ3n) is 4.09. The molecule has 0 N–H and O–H groups in total. The van der Waals surface area contributed by atoms with Crippen molar-refractivity contribution in [2.45, 2.75) is 12.5 Å². The van der Waals surface area contributed by atoms with Crippen LogP contribution in [0.2, 0.25) is 0 Å². The highest BCUT2D eigenvalue weighted by atomic mass is 16.6. The van der Waals surface area contributed by atoms with Crippen LogP contribution in [0.3, 0.4) is 0 Å². The van der Waals surface area contributed by atoms with Gasteiger partial charge in [0.15, 0.2) is 0 Å². The van der Waals surface area contributed by atoms with Crippen molar-refractivity contribution in [2.24, 2.45) is 0 Å². The molecule has 3 rings (SSSR count). The van der Waals surface area contributed by atoms with Crippen molar-refractivity contribution >= 4 is 17.3 Å². The van der Waals surface area contributed by atoms with E-state index in [-0.39, 0.29) is 17.7 Å². The fourth-order valence-corrected chi connectivity index (χ4v) is 2.89. The number of benzene rings is 1. The van der Waals surface area contributed by atoms with Crippen molar-refractivity contribution in [3.05, 3.63) is 34.4 Å². The van der Waals surface area contributed by atoms with Crippen molar-refractivity contribution in [3.63, 3.8) is 0 Å². The van der Waals surface area contributed by atoms with Gasteiger partial charge in [-0.3, -0.25) is 19.8 Å². The van der Waals surface area contributed by atoms with Gasteiger partial charge in [0.1, 0.15) is 6.04 Å². The number of carbonyl (C=O) groups is 1. The number of piperazine rings is 1. The summed E-state index contributed by atoms with van der Waals surface area (Å²) in [6, 6.07) is 6.51. The van der Waals surface area contributed by atoms with Gasteiger partial charge in [-0.25, -0.2) is 0 Å². The SMILES string of the molecule is O=C1OCC[C@H]1N1CCN(c2ccc([N+](=O)[O-])cc2)CC1. The van der Waals surface area contributed by atoms with Gasteiger partial charge in [-0.05, 0) is 12.1 Å². The molecule has 2 saturated heterocycles. The zero-order valence-corrected chi connectivity index (χ0v) is 11.6. The highest BCUT2D eigenvalue weighted by Gasteiger charge is 2.34. The fourth-order valence-electron chi connectivity index (χ4n) is 2.89. The van der Waals surface area contributed by atoms with E-state index in [1.54, 1.807) is 12.1 Å². The predicted molar refractivity (Wildman–Crippen MR) is 76.2 cm³/mol. The lowest BCUT2D eigenvalue weighted by molar-refractivity contribution is -0.384. The van der Waals surface area contributed by atoms with Gasteiger partial charge in [0.2, 0.25) is 0 Å². The number of hydrogen-bond acceptors (Lipinski definition) is 6. The number of ether oxygens (including phenoxy) is 1. The van der Waals surface area contributed by atoms with Crippen LogP contribution in [-0.2, 0) is 9.53 Å². The first-order valence-corrected chi connectivity index (χ1v) is 7.05. The second-order valence-corrected chi connectivity index (χ2v) is 5.27. The van der Waals surface area contributed by atoms with E-state index in [2.05, 4.69) is 9.80 Å². The molecule has 21 heavy (non-hydrogen) atoms. The molecule has 0 radical (unpaired) electrons. The van der Waals surface area contributed by atoms with E-state index in [0.717, 1.165) is 38.3 Å². The van der Waals surface area contributed by atoms with E-state index in [4.69, 9.17) is 4.74 Å². The van der Waals surface area contributed by atoms with Crippen LogP contribution < -0.4 is 4.90 Å². The number of non-ortho nitro benzene ring substituents is 1. The largest absolute Gasteiger partial charge is 0.464 e. The summed E-state index contributed by atoms with van der Waals surface area (Å²) in [6.45, 7) is 3.74. The lowest BCUT2D eigenvalue weighted by Gasteiger charge is -2.37. The number of nitro benzene ring substituents is 1. The molecule has 0 bridgehead atoms. The molecule has 1 aromatic carbocycles. The Morgan fingerprint density at radius 3 is 2.33 bits per heavy atom. The molecule has 0 aromatic heterocycles. The Kier molecular flexibility index (Phi) is 3.74. The van der Waals surface area contributed by atoms with Crippen LogP contribution in [0.15, 0.2) is 24.3 Å². The number of nitro groups is 1. The van der Waals surface area contributed by atoms with Gasteiger partial charge in [-0.2, -0.15) is 0 Å². The van der Waals surface area contributed by atoms with Gasteiger partial charge < -0.3 is 9.64 Å². The van der Waals surface area contributed by atoms with Crippen molar-refractivity contribution in [3.8, 4) is 0 Å². The Morgan fingerprint density at radius 1 is 1.14 bits per heavy atom. The molecule has 2 fully saturated rings. The lowest BCUT2D eigenvalue weighted by atomic mass is 10.1. The zero-order chi connectivity index (χ0) is 14.8. The van der Waals surface area contributed by atoms with Gasteiger partial charge in [0, 0.05) is 50.4 Å². The average Bonchev–Trinajstić information content (AvgIpc) is 2.94. The normalized spacial score (nSPS) is 23.1. The highest BCUT2D eigenvalue weighted by Crippen LogP contribution is 2.22. The first-order valence-electron chi connectivity index (χ1n) is 7.05. The maximum Gasteiger partial charge on any atom is 0.323 e. The zero-order valence-electron chi connectivity index (χ0n) is 11.6. The smallest absolute Gasteiger partial charge is 0.323 e. The van der Waals surface area contributed by atoms with Crippen molar-refractivity contribution in [1.82, 2.24) is 4.90 Å². The Morgan fingerprint density at radius 2 is 1.81 bits per heavy atom. The standard InChI is InChI=1S/C14H17N3O4/c18-14-13(5-10-21-14)16-8-6-15(7-9-16)11-1-3-12(4-2-11)17(19)20/h1-4,13H,5-10H2/t13-/m1/s1. The molecular formula is C14H17N3O4. The Balaban J connectivity index is 1.60. The second kappa shape index (κ2) is 5.69. The fraction of sp³-hybridized carbons (Fsp3) is 0.500. The van der Waals surface area contributed by atoms with Gasteiger partial charge in [0.05, 0.1) is 11.5 Å². The number of hydrogen-bond donors (Lipinski definition) is 0. The molecule has 0 amide bonds. The summed E-state index contributed by atoms with van der Waals surface area (Å²) >= 11 is 0. The number of cyclic esters (lactones) is 1. The summed E-state index contributed by atoms with van der Waals surface area (Å²) in [5.74, 6) is -0.112. The summed E-state index contributed by atoms with van der Waals surface area (Å²) in [5, 5.41) is 10.7. The van der Waals surface area contributed by atoms with Gasteiger partial charge in [-0.15, -0.1) is 0 Å². The number of anilines is 1. The monoisotopic (exact) mass is 291 g/mol. The number of nitrogens with zero attached hydrogens (tertiary/aromatic N) is 3. The van der Waals surface area contributed by atoms with Crippen molar-refractivity contribution in [2.75, 3.05) is 37.7 Å². The molecule has 0 aliphatic carbocycles. The number of carbonyl (C=O) groups excluding carboxylic acids is 1.